The van der Waals surface area contributed by atoms with Gasteiger partial charge < -0.3 is 24.7 Å². The zero-order valence-electron chi connectivity index (χ0n) is 24.2. The summed E-state index contributed by atoms with van der Waals surface area (Å²) in [7, 11) is 3.75. The third-order valence-corrected chi connectivity index (χ3v) is 7.85. The van der Waals surface area contributed by atoms with Crippen LogP contribution in [0.2, 0.25) is 0 Å². The number of benzene rings is 3. The normalized spacial score (nSPS) is 13.1. The first kappa shape index (κ1) is 27.7. The molecule has 0 radical (unpaired) electrons. The molecule has 0 unspecified atom stereocenters. The van der Waals surface area contributed by atoms with Gasteiger partial charge in [0.05, 0.1) is 19.7 Å². The highest BCUT2D eigenvalue weighted by Gasteiger charge is 2.21. The maximum absolute atomic E-state index is 13.4. The van der Waals surface area contributed by atoms with Gasteiger partial charge in [0.25, 0.3) is 0 Å². The molecule has 0 atom stereocenters. The van der Waals surface area contributed by atoms with Crippen LogP contribution < -0.4 is 21.2 Å². The minimum atomic E-state index is -0.374. The minimum absolute atomic E-state index is 0.121. The monoisotopic (exact) mass is 565 g/mol. The highest BCUT2D eigenvalue weighted by molar-refractivity contribution is 6.08. The molecule has 1 aliphatic heterocycles. The lowest BCUT2D eigenvalue weighted by molar-refractivity contribution is -0.115. The van der Waals surface area contributed by atoms with E-state index in [1.807, 2.05) is 25.1 Å². The fraction of sp³-hybridized carbons (Fsp3) is 0.303. The van der Waals surface area contributed by atoms with Crippen LogP contribution in [0.15, 0.2) is 69.9 Å². The lowest BCUT2D eigenvalue weighted by Gasteiger charge is -2.28. The fourth-order valence-corrected chi connectivity index (χ4v) is 5.67. The summed E-state index contributed by atoms with van der Waals surface area (Å²) in [6, 6.07) is 20.1. The molecule has 0 spiro atoms. The summed E-state index contributed by atoms with van der Waals surface area (Å²) >= 11 is 0. The minimum Gasteiger partial charge on any atom is -0.452 e. The first-order valence-corrected chi connectivity index (χ1v) is 14.4. The van der Waals surface area contributed by atoms with E-state index in [4.69, 9.17) is 9.15 Å². The van der Waals surface area contributed by atoms with E-state index in [0.29, 0.717) is 47.8 Å². The summed E-state index contributed by atoms with van der Waals surface area (Å²) in [6.45, 7) is 4.66. The zero-order chi connectivity index (χ0) is 29.2. The van der Waals surface area contributed by atoms with E-state index in [0.717, 1.165) is 35.0 Å². The van der Waals surface area contributed by atoms with Crippen molar-refractivity contribution in [2.45, 2.75) is 26.3 Å². The number of carbonyl (C=O) groups is 1. The topological polar surface area (TPSA) is 102 Å². The van der Waals surface area contributed by atoms with Gasteiger partial charge in [0.1, 0.15) is 16.8 Å². The van der Waals surface area contributed by atoms with Crippen LogP contribution in [0, 0.1) is 0 Å². The summed E-state index contributed by atoms with van der Waals surface area (Å²) in [5.74, 6) is -0.121. The number of fused-ring (bicyclic) bond motifs is 4. The van der Waals surface area contributed by atoms with Crippen molar-refractivity contribution < 1.29 is 13.9 Å². The molecule has 42 heavy (non-hydrogen) atoms. The highest BCUT2D eigenvalue weighted by Crippen LogP contribution is 2.37. The van der Waals surface area contributed by atoms with Gasteiger partial charge in [0.15, 0.2) is 5.58 Å². The first-order chi connectivity index (χ1) is 20.5. The van der Waals surface area contributed by atoms with Crippen molar-refractivity contribution in [3.05, 3.63) is 76.7 Å². The van der Waals surface area contributed by atoms with Crippen molar-refractivity contribution in [1.29, 1.82) is 0 Å². The number of aromatic nitrogens is 2. The van der Waals surface area contributed by atoms with E-state index in [9.17, 15) is 9.59 Å². The van der Waals surface area contributed by atoms with Crippen LogP contribution in [0.5, 0.6) is 0 Å². The Balaban J connectivity index is 1.45. The third-order valence-electron chi connectivity index (χ3n) is 7.85. The van der Waals surface area contributed by atoms with Crippen LogP contribution in [-0.2, 0) is 22.5 Å². The molecule has 0 bridgehead atoms. The number of methoxy groups -OCH3 is 1. The SMILES string of the molecule is CCNCC(=O)Nc1ccc(-c2nc(=O)n(CCOC)c3c2oc2ccc(-c4ccc5c(c4)N(C)CCC5)cc23)cc1. The third kappa shape index (κ3) is 5.29. The number of amides is 1. The number of ether oxygens (including phenoxy) is 1. The molecule has 1 aliphatic rings. The van der Waals surface area contributed by atoms with E-state index in [1.165, 1.54) is 17.7 Å². The molecule has 5 aromatic rings. The standard InChI is InChI=1S/C33H35N5O4/c1-4-34-20-29(39)35-25-12-9-22(10-13-25)30-32-31(38(16-17-41-3)33(40)36-30)26-18-23(11-14-28(26)42-32)24-8-7-21-6-5-15-37(2)27(21)19-24/h7-14,18-19,34H,4-6,15-17,20H2,1-3H3,(H,35,39). The molecule has 3 aromatic carbocycles. The molecular formula is C33H35N5O4. The van der Waals surface area contributed by atoms with Gasteiger partial charge in [-0.25, -0.2) is 4.79 Å². The van der Waals surface area contributed by atoms with Crippen molar-refractivity contribution in [2.75, 3.05) is 50.6 Å². The maximum atomic E-state index is 13.4. The van der Waals surface area contributed by atoms with Gasteiger partial charge in [-0.2, -0.15) is 4.98 Å². The van der Waals surface area contributed by atoms with E-state index in [-0.39, 0.29) is 18.1 Å². The second-order valence-corrected chi connectivity index (χ2v) is 10.7. The predicted molar refractivity (Wildman–Crippen MR) is 167 cm³/mol. The van der Waals surface area contributed by atoms with E-state index >= 15 is 0 Å². The molecule has 3 heterocycles. The van der Waals surface area contributed by atoms with Crippen molar-refractivity contribution in [1.82, 2.24) is 14.9 Å². The Morgan fingerprint density at radius 1 is 1.05 bits per heavy atom. The Morgan fingerprint density at radius 2 is 1.81 bits per heavy atom. The van der Waals surface area contributed by atoms with E-state index in [2.05, 4.69) is 57.9 Å². The zero-order valence-corrected chi connectivity index (χ0v) is 24.2. The molecule has 0 fully saturated rings. The Hall–Kier alpha value is -4.47. The molecule has 2 aromatic heterocycles. The van der Waals surface area contributed by atoms with Crippen LogP contribution in [0.25, 0.3) is 44.5 Å². The first-order valence-electron chi connectivity index (χ1n) is 14.4. The molecule has 6 rings (SSSR count). The lowest BCUT2D eigenvalue weighted by atomic mass is 9.96. The number of carbonyl (C=O) groups excluding carboxylic acids is 1. The van der Waals surface area contributed by atoms with Gasteiger partial charge >= 0.3 is 5.69 Å². The van der Waals surface area contributed by atoms with Crippen molar-refractivity contribution in [3.8, 4) is 22.4 Å². The summed E-state index contributed by atoms with van der Waals surface area (Å²) in [4.78, 5) is 32.3. The van der Waals surface area contributed by atoms with Gasteiger partial charge in [0, 0.05) is 43.0 Å². The van der Waals surface area contributed by atoms with E-state index in [1.54, 1.807) is 23.8 Å². The number of furan rings is 1. The van der Waals surface area contributed by atoms with Crippen LogP contribution in [0.3, 0.4) is 0 Å². The smallest absolute Gasteiger partial charge is 0.348 e. The molecular weight excluding hydrogens is 530 g/mol. The second-order valence-electron chi connectivity index (χ2n) is 10.7. The number of nitrogens with one attached hydrogen (secondary N) is 2. The molecule has 2 N–H and O–H groups in total. The molecule has 216 valence electrons. The Labute approximate surface area is 244 Å². The molecule has 0 saturated heterocycles. The number of rotatable bonds is 9. The van der Waals surface area contributed by atoms with Crippen molar-refractivity contribution in [3.63, 3.8) is 0 Å². The summed E-state index contributed by atoms with van der Waals surface area (Å²) in [5, 5.41) is 6.73. The Kier molecular flexibility index (Phi) is 7.78. The molecule has 9 nitrogen and oxygen atoms in total. The van der Waals surface area contributed by atoms with Crippen LogP contribution in [-0.4, -0.2) is 55.9 Å². The molecule has 0 aliphatic carbocycles. The van der Waals surface area contributed by atoms with Crippen LogP contribution in [0.1, 0.15) is 18.9 Å². The van der Waals surface area contributed by atoms with E-state index < -0.39 is 0 Å². The predicted octanol–water partition coefficient (Wildman–Crippen LogP) is 5.05. The molecule has 0 saturated carbocycles. The number of hydrogen-bond donors (Lipinski definition) is 2. The number of nitrogens with zero attached hydrogens (tertiary/aromatic N) is 3. The number of aryl methyl sites for hydroxylation is 1. The summed E-state index contributed by atoms with van der Waals surface area (Å²) < 4.78 is 13.4. The van der Waals surface area contributed by atoms with Gasteiger partial charge in [-0.15, -0.1) is 0 Å². The Morgan fingerprint density at radius 3 is 2.60 bits per heavy atom. The number of likely N-dealkylation sites (N-methyl/N-ethyl adjacent to an activating group) is 1. The average Bonchev–Trinajstić information content (AvgIpc) is 3.38. The van der Waals surface area contributed by atoms with Crippen molar-refractivity contribution in [2.24, 2.45) is 0 Å². The van der Waals surface area contributed by atoms with Gasteiger partial charge in [0.2, 0.25) is 5.91 Å². The van der Waals surface area contributed by atoms with Gasteiger partial charge in [-0.05, 0) is 66.4 Å². The summed E-state index contributed by atoms with van der Waals surface area (Å²) in [6.07, 6.45) is 2.26. The maximum Gasteiger partial charge on any atom is 0.348 e. The summed E-state index contributed by atoms with van der Waals surface area (Å²) in [5.41, 5.74) is 8.17. The van der Waals surface area contributed by atoms with Gasteiger partial charge in [-0.1, -0.05) is 37.3 Å². The second kappa shape index (κ2) is 11.8. The number of hydrogen-bond acceptors (Lipinski definition) is 7. The Bertz CT molecular complexity index is 1820. The fourth-order valence-electron chi connectivity index (χ4n) is 5.67. The highest BCUT2D eigenvalue weighted by atomic mass is 16.5. The lowest BCUT2D eigenvalue weighted by Crippen LogP contribution is -2.27. The molecule has 1 amide bonds. The quantitative estimate of drug-likeness (QED) is 0.258. The van der Waals surface area contributed by atoms with Crippen LogP contribution >= 0.6 is 0 Å². The number of anilines is 2. The molecule has 9 heteroatoms. The van der Waals surface area contributed by atoms with Gasteiger partial charge in [-0.3, -0.25) is 9.36 Å². The largest absolute Gasteiger partial charge is 0.452 e. The van der Waals surface area contributed by atoms with Crippen LogP contribution in [0.4, 0.5) is 11.4 Å². The average molecular weight is 566 g/mol. The van der Waals surface area contributed by atoms with Crippen molar-refractivity contribution >= 4 is 39.4 Å².